The second kappa shape index (κ2) is 9.34. The van der Waals surface area contributed by atoms with Crippen LogP contribution in [0.2, 0.25) is 0 Å². The van der Waals surface area contributed by atoms with Crippen LogP contribution in [0.1, 0.15) is 12.8 Å². The zero-order valence-corrected chi connectivity index (χ0v) is 21.3. The molecule has 2 heterocycles. The Balaban J connectivity index is 1.40. The second-order valence-corrected chi connectivity index (χ2v) is 13.6. The third kappa shape index (κ3) is 5.09. The fourth-order valence-corrected chi connectivity index (χ4v) is 7.34. The van der Waals surface area contributed by atoms with E-state index in [9.17, 15) is 21.6 Å². The van der Waals surface area contributed by atoms with E-state index >= 15 is 0 Å². The summed E-state index contributed by atoms with van der Waals surface area (Å²) in [4.78, 5) is 18.5. The van der Waals surface area contributed by atoms with Gasteiger partial charge in [-0.05, 0) is 55.5 Å². The first-order valence-electron chi connectivity index (χ1n) is 10.1. The Bertz CT molecular complexity index is 1390. The highest BCUT2D eigenvalue weighted by atomic mass is 32.2. The van der Waals surface area contributed by atoms with Crippen molar-refractivity contribution in [3.05, 3.63) is 42.5 Å². The third-order valence-corrected chi connectivity index (χ3v) is 10.3. The van der Waals surface area contributed by atoms with Gasteiger partial charge in [-0.1, -0.05) is 17.4 Å². The van der Waals surface area contributed by atoms with Gasteiger partial charge in [-0.2, -0.15) is 4.31 Å². The van der Waals surface area contributed by atoms with Crippen LogP contribution in [0.5, 0.6) is 0 Å². The number of amides is 1. The molecule has 1 aromatic heterocycles. The van der Waals surface area contributed by atoms with Gasteiger partial charge in [0.2, 0.25) is 15.9 Å². The van der Waals surface area contributed by atoms with Gasteiger partial charge in [0.25, 0.3) is 0 Å². The molecule has 0 saturated carbocycles. The molecule has 4 rings (SSSR count). The number of carbonyl (C=O) groups excluding carboxylic acids is 1. The molecule has 176 valence electrons. The lowest BCUT2D eigenvalue weighted by Crippen LogP contribution is -2.41. The number of carbonyl (C=O) groups is 1. The normalized spacial score (nSPS) is 16.2. The number of thiazole rings is 1. The molecule has 8 nitrogen and oxygen atoms in total. The number of para-hydroxylation sites is 1. The van der Waals surface area contributed by atoms with Gasteiger partial charge in [-0.25, -0.2) is 21.8 Å². The Morgan fingerprint density at radius 1 is 1.06 bits per heavy atom. The average molecular weight is 526 g/mol. The summed E-state index contributed by atoms with van der Waals surface area (Å²) in [7, 11) is -7.17. The first-order valence-corrected chi connectivity index (χ1v) is 15.5. The van der Waals surface area contributed by atoms with Crippen LogP contribution in [0, 0.1) is 5.92 Å². The molecule has 1 aliphatic rings. The Morgan fingerprint density at radius 2 is 1.70 bits per heavy atom. The summed E-state index contributed by atoms with van der Waals surface area (Å²) >= 11 is 3.02. The van der Waals surface area contributed by atoms with E-state index in [1.54, 1.807) is 11.8 Å². The number of benzene rings is 2. The van der Waals surface area contributed by atoms with Crippen molar-refractivity contribution < 1.29 is 21.6 Å². The number of nitrogens with one attached hydrogen (secondary N) is 1. The summed E-state index contributed by atoms with van der Waals surface area (Å²) in [5.41, 5.74) is 0.869. The highest BCUT2D eigenvalue weighted by Gasteiger charge is 2.32. The number of nitrogens with zero attached hydrogens (tertiary/aromatic N) is 2. The van der Waals surface area contributed by atoms with Crippen LogP contribution in [0.4, 0.5) is 5.13 Å². The number of hydrogen-bond acceptors (Lipinski definition) is 8. The number of anilines is 1. The van der Waals surface area contributed by atoms with E-state index in [1.165, 1.54) is 39.9 Å². The number of aromatic nitrogens is 1. The maximum atomic E-state index is 12.9. The molecular formula is C21H23N3O5S4. The fraction of sp³-hybridized carbons (Fsp3) is 0.333. The summed E-state index contributed by atoms with van der Waals surface area (Å²) in [6.45, 7) is 0.426. The van der Waals surface area contributed by atoms with Crippen LogP contribution < -0.4 is 5.32 Å². The van der Waals surface area contributed by atoms with Gasteiger partial charge >= 0.3 is 0 Å². The predicted octanol–water partition coefficient (Wildman–Crippen LogP) is 3.46. The van der Waals surface area contributed by atoms with Gasteiger partial charge in [-0.3, -0.25) is 4.79 Å². The van der Waals surface area contributed by atoms with Crippen LogP contribution in [-0.2, 0) is 24.7 Å². The summed E-state index contributed by atoms with van der Waals surface area (Å²) < 4.78 is 51.4. The van der Waals surface area contributed by atoms with E-state index in [0.717, 1.165) is 21.4 Å². The van der Waals surface area contributed by atoms with E-state index < -0.39 is 19.9 Å². The van der Waals surface area contributed by atoms with E-state index in [0.29, 0.717) is 18.0 Å². The molecule has 3 aromatic rings. The van der Waals surface area contributed by atoms with Crippen LogP contribution in [-0.4, -0.2) is 57.6 Å². The number of sulfonamides is 1. The van der Waals surface area contributed by atoms with Crippen molar-refractivity contribution >= 4 is 64.2 Å². The van der Waals surface area contributed by atoms with Crippen LogP contribution in [0.15, 0.2) is 57.2 Å². The summed E-state index contributed by atoms with van der Waals surface area (Å²) in [5, 5.41) is 3.43. The molecule has 0 atom stereocenters. The van der Waals surface area contributed by atoms with Gasteiger partial charge in [0.05, 0.1) is 20.0 Å². The van der Waals surface area contributed by atoms with Crippen LogP contribution >= 0.6 is 23.1 Å². The van der Waals surface area contributed by atoms with E-state index in [4.69, 9.17) is 0 Å². The average Bonchev–Trinajstić information content (AvgIpc) is 3.21. The molecule has 0 spiro atoms. The molecule has 1 saturated heterocycles. The maximum Gasteiger partial charge on any atom is 0.243 e. The Morgan fingerprint density at radius 3 is 2.30 bits per heavy atom. The van der Waals surface area contributed by atoms with Crippen molar-refractivity contribution in [2.24, 2.45) is 5.92 Å². The van der Waals surface area contributed by atoms with Crippen molar-refractivity contribution in [1.82, 2.24) is 9.29 Å². The Hall–Kier alpha value is -1.99. The summed E-state index contributed by atoms with van der Waals surface area (Å²) in [6, 6.07) is 11.1. The Labute approximate surface area is 201 Å². The number of hydrogen-bond donors (Lipinski definition) is 1. The van der Waals surface area contributed by atoms with Gasteiger partial charge in [0, 0.05) is 30.2 Å². The third-order valence-electron chi connectivity index (χ3n) is 5.55. The number of sulfone groups is 1. The molecule has 0 bridgehead atoms. The first kappa shape index (κ1) is 24.1. The van der Waals surface area contributed by atoms with E-state index in [2.05, 4.69) is 10.3 Å². The molecule has 0 unspecified atom stereocenters. The standard InChI is InChI=1S/C21H23N3O5S4/c1-30-17-4-3-5-18-19(17)22-21(31-18)23-20(25)14-10-12-24(13-11-14)33(28,29)16-8-6-15(7-9-16)32(2,26)27/h3-9,14H,10-13H2,1-2H3,(H,22,23,25). The molecule has 1 N–H and O–H groups in total. The lowest BCUT2D eigenvalue weighted by Gasteiger charge is -2.30. The second-order valence-electron chi connectivity index (χ2n) is 7.74. The molecule has 33 heavy (non-hydrogen) atoms. The minimum absolute atomic E-state index is 0.0388. The lowest BCUT2D eigenvalue weighted by molar-refractivity contribution is -0.120. The molecule has 1 fully saturated rings. The van der Waals surface area contributed by atoms with Crippen molar-refractivity contribution in [2.75, 3.05) is 30.9 Å². The van der Waals surface area contributed by atoms with Crippen molar-refractivity contribution in [3.8, 4) is 0 Å². The number of fused-ring (bicyclic) bond motifs is 1. The quantitative estimate of drug-likeness (QED) is 0.490. The minimum Gasteiger partial charge on any atom is -0.302 e. The van der Waals surface area contributed by atoms with E-state index in [-0.39, 0.29) is 34.7 Å². The Kier molecular flexibility index (Phi) is 6.83. The number of rotatable bonds is 6. The highest BCUT2D eigenvalue weighted by molar-refractivity contribution is 7.98. The maximum absolute atomic E-state index is 12.9. The van der Waals surface area contributed by atoms with Gasteiger partial charge in [-0.15, -0.1) is 11.8 Å². The zero-order chi connectivity index (χ0) is 23.8. The number of thioether (sulfide) groups is 1. The minimum atomic E-state index is -3.76. The fourth-order valence-electron chi connectivity index (χ4n) is 3.72. The van der Waals surface area contributed by atoms with Gasteiger partial charge in [0.15, 0.2) is 15.0 Å². The van der Waals surface area contributed by atoms with Crippen molar-refractivity contribution in [1.29, 1.82) is 0 Å². The SMILES string of the molecule is CSc1cccc2sc(NC(=O)C3CCN(S(=O)(=O)c4ccc(S(C)(=O)=O)cc4)CC3)nc12. The summed E-state index contributed by atoms with van der Waals surface area (Å²) in [5.74, 6) is -0.467. The van der Waals surface area contributed by atoms with Crippen LogP contribution in [0.3, 0.4) is 0 Å². The van der Waals surface area contributed by atoms with Gasteiger partial charge in [0.1, 0.15) is 0 Å². The predicted molar refractivity (Wildman–Crippen MR) is 131 cm³/mol. The first-order chi connectivity index (χ1) is 15.6. The topological polar surface area (TPSA) is 114 Å². The van der Waals surface area contributed by atoms with Gasteiger partial charge < -0.3 is 5.32 Å². The summed E-state index contributed by atoms with van der Waals surface area (Å²) in [6.07, 6.45) is 3.84. The molecule has 0 radical (unpaired) electrons. The molecule has 1 amide bonds. The van der Waals surface area contributed by atoms with E-state index in [1.807, 2.05) is 24.5 Å². The highest BCUT2D eigenvalue weighted by Crippen LogP contribution is 2.33. The van der Waals surface area contributed by atoms with Crippen molar-refractivity contribution in [2.45, 2.75) is 27.5 Å². The molecule has 12 heteroatoms. The molecule has 2 aromatic carbocycles. The van der Waals surface area contributed by atoms with Crippen molar-refractivity contribution in [3.63, 3.8) is 0 Å². The van der Waals surface area contributed by atoms with Crippen LogP contribution in [0.25, 0.3) is 10.2 Å². The molecule has 1 aliphatic heterocycles. The zero-order valence-electron chi connectivity index (χ0n) is 18.0. The lowest BCUT2D eigenvalue weighted by atomic mass is 9.97. The molecular weight excluding hydrogens is 503 g/mol. The number of piperidine rings is 1. The molecule has 0 aliphatic carbocycles. The smallest absolute Gasteiger partial charge is 0.243 e. The monoisotopic (exact) mass is 525 g/mol. The largest absolute Gasteiger partial charge is 0.302 e.